The van der Waals surface area contributed by atoms with Gasteiger partial charge in [0, 0.05) is 13.1 Å². The highest BCUT2D eigenvalue weighted by molar-refractivity contribution is 7.93. The largest absolute Gasteiger partial charge is 0.508 e. The van der Waals surface area contributed by atoms with E-state index in [0.717, 1.165) is 4.31 Å². The van der Waals surface area contributed by atoms with Crippen LogP contribution in [0.3, 0.4) is 0 Å². The Hall–Kier alpha value is -1.92. The zero-order valence-corrected chi connectivity index (χ0v) is 12.2. The summed E-state index contributed by atoms with van der Waals surface area (Å²) in [5, 5.41) is 9.49. The number of nitrogens with two attached hydrogens (primary N) is 1. The van der Waals surface area contributed by atoms with Crippen molar-refractivity contribution < 1.29 is 13.5 Å². The van der Waals surface area contributed by atoms with E-state index in [1.165, 1.54) is 31.3 Å². The van der Waals surface area contributed by atoms with Crippen LogP contribution in [0.15, 0.2) is 47.4 Å². The van der Waals surface area contributed by atoms with Crippen molar-refractivity contribution in [3.8, 4) is 5.75 Å². The Morgan fingerprint density at radius 3 is 2.45 bits per heavy atom. The third-order valence-corrected chi connectivity index (χ3v) is 5.14. The van der Waals surface area contributed by atoms with Gasteiger partial charge in [-0.2, -0.15) is 0 Å². The lowest BCUT2D eigenvalue weighted by Crippen LogP contribution is -2.27. The molecule has 0 amide bonds. The number of hydrogen-bond acceptors (Lipinski definition) is 4. The van der Waals surface area contributed by atoms with Crippen molar-refractivity contribution in [2.75, 3.05) is 17.1 Å². The van der Waals surface area contributed by atoms with Crippen LogP contribution in [0.4, 0.5) is 11.4 Å². The van der Waals surface area contributed by atoms with Crippen LogP contribution in [0, 0.1) is 0 Å². The lowest BCUT2D eigenvalue weighted by Gasteiger charge is -2.21. The molecule has 0 unspecified atom stereocenters. The van der Waals surface area contributed by atoms with Crippen LogP contribution >= 0.6 is 11.6 Å². The molecule has 0 saturated heterocycles. The fourth-order valence-corrected chi connectivity index (χ4v) is 3.58. The van der Waals surface area contributed by atoms with Crippen LogP contribution in [-0.2, 0) is 10.0 Å². The summed E-state index contributed by atoms with van der Waals surface area (Å²) in [6.07, 6.45) is 0. The van der Waals surface area contributed by atoms with Crippen LogP contribution in [0.5, 0.6) is 5.75 Å². The lowest BCUT2D eigenvalue weighted by molar-refractivity contribution is 0.475. The van der Waals surface area contributed by atoms with Gasteiger partial charge < -0.3 is 10.8 Å². The molecule has 2 aromatic carbocycles. The first-order valence-electron chi connectivity index (χ1n) is 5.66. The molecule has 20 heavy (non-hydrogen) atoms. The lowest BCUT2D eigenvalue weighted by atomic mass is 10.3. The van der Waals surface area contributed by atoms with Gasteiger partial charge in [0.05, 0.1) is 16.4 Å². The van der Waals surface area contributed by atoms with Gasteiger partial charge in [-0.05, 0) is 24.3 Å². The van der Waals surface area contributed by atoms with Crippen LogP contribution in [-0.4, -0.2) is 20.6 Å². The maximum Gasteiger partial charge on any atom is 0.267 e. The minimum absolute atomic E-state index is 0.0309. The summed E-state index contributed by atoms with van der Waals surface area (Å²) >= 11 is 5.94. The molecule has 0 heterocycles. The summed E-state index contributed by atoms with van der Waals surface area (Å²) in [6, 6.07) is 10.4. The number of nitrogens with zero attached hydrogens (tertiary/aromatic N) is 1. The van der Waals surface area contributed by atoms with Crippen LogP contribution in [0.1, 0.15) is 0 Å². The number of aromatic hydroxyl groups is 1. The summed E-state index contributed by atoms with van der Waals surface area (Å²) in [6.45, 7) is 0. The number of phenolic OH excluding ortho intramolecular Hbond substituents is 1. The molecule has 5 nitrogen and oxygen atoms in total. The van der Waals surface area contributed by atoms with E-state index in [4.69, 9.17) is 17.3 Å². The van der Waals surface area contributed by atoms with Gasteiger partial charge in [0.15, 0.2) is 0 Å². The maximum atomic E-state index is 12.6. The van der Waals surface area contributed by atoms with Gasteiger partial charge in [0.25, 0.3) is 10.0 Å². The van der Waals surface area contributed by atoms with Crippen molar-refractivity contribution in [3.63, 3.8) is 0 Å². The fourth-order valence-electron chi connectivity index (χ4n) is 1.76. The van der Waals surface area contributed by atoms with Crippen LogP contribution in [0.2, 0.25) is 5.02 Å². The minimum Gasteiger partial charge on any atom is -0.508 e. The Labute approximate surface area is 122 Å². The topological polar surface area (TPSA) is 83.6 Å². The molecule has 0 radical (unpaired) electrons. The number of anilines is 2. The Balaban J connectivity index is 2.56. The Kier molecular flexibility index (Phi) is 3.78. The molecular weight excluding hydrogens is 300 g/mol. The quantitative estimate of drug-likeness (QED) is 0.853. The molecule has 106 valence electrons. The molecule has 0 aliphatic heterocycles. The van der Waals surface area contributed by atoms with E-state index >= 15 is 0 Å². The number of sulfonamides is 1. The van der Waals surface area contributed by atoms with E-state index in [9.17, 15) is 13.5 Å². The summed E-state index contributed by atoms with van der Waals surface area (Å²) in [7, 11) is -2.54. The Morgan fingerprint density at radius 1 is 1.20 bits per heavy atom. The molecule has 2 rings (SSSR count). The first kappa shape index (κ1) is 14.5. The average molecular weight is 313 g/mol. The molecule has 0 saturated carbocycles. The molecule has 0 aliphatic rings. The molecule has 7 heteroatoms. The van der Waals surface area contributed by atoms with Crippen molar-refractivity contribution in [1.82, 2.24) is 0 Å². The van der Waals surface area contributed by atoms with Crippen molar-refractivity contribution in [2.45, 2.75) is 4.90 Å². The van der Waals surface area contributed by atoms with Crippen molar-refractivity contribution in [1.29, 1.82) is 0 Å². The van der Waals surface area contributed by atoms with Crippen molar-refractivity contribution in [3.05, 3.63) is 47.5 Å². The highest BCUT2D eigenvalue weighted by Gasteiger charge is 2.26. The SMILES string of the molecule is CN(c1cccc(O)c1)S(=O)(=O)c1c(N)cccc1Cl. The standard InChI is InChI=1S/C13H13ClN2O3S/c1-16(9-4-2-5-10(17)8-9)20(18,19)13-11(14)6-3-7-12(13)15/h2-8,17H,15H2,1H3. The second-order valence-electron chi connectivity index (χ2n) is 4.15. The van der Waals surface area contributed by atoms with Gasteiger partial charge in [0.2, 0.25) is 0 Å². The summed E-state index contributed by atoms with van der Waals surface area (Å²) < 4.78 is 26.1. The first-order chi connectivity index (χ1) is 9.34. The summed E-state index contributed by atoms with van der Waals surface area (Å²) in [4.78, 5) is -0.146. The fraction of sp³-hybridized carbons (Fsp3) is 0.0769. The molecule has 3 N–H and O–H groups in total. The second-order valence-corrected chi connectivity index (χ2v) is 6.46. The number of halogens is 1. The number of benzene rings is 2. The van der Waals surface area contributed by atoms with E-state index in [2.05, 4.69) is 0 Å². The first-order valence-corrected chi connectivity index (χ1v) is 7.48. The van der Waals surface area contributed by atoms with E-state index in [1.807, 2.05) is 0 Å². The number of phenols is 1. The van der Waals surface area contributed by atoms with Gasteiger partial charge >= 0.3 is 0 Å². The second kappa shape index (κ2) is 5.22. The predicted molar refractivity (Wildman–Crippen MR) is 79.6 cm³/mol. The Morgan fingerprint density at radius 2 is 1.85 bits per heavy atom. The van der Waals surface area contributed by atoms with E-state index < -0.39 is 10.0 Å². The van der Waals surface area contributed by atoms with Gasteiger partial charge in [-0.3, -0.25) is 4.31 Å². The number of nitrogen functional groups attached to an aromatic ring is 1. The van der Waals surface area contributed by atoms with Gasteiger partial charge in [-0.15, -0.1) is 0 Å². The molecule has 2 aromatic rings. The van der Waals surface area contributed by atoms with Crippen molar-refractivity contribution >= 4 is 33.0 Å². The maximum absolute atomic E-state index is 12.6. The minimum atomic E-state index is -3.90. The van der Waals surface area contributed by atoms with Crippen LogP contribution < -0.4 is 10.0 Å². The molecule has 0 aromatic heterocycles. The third kappa shape index (κ3) is 2.52. The third-order valence-electron chi connectivity index (χ3n) is 2.81. The molecule has 0 aliphatic carbocycles. The van der Waals surface area contributed by atoms with Gasteiger partial charge in [-0.1, -0.05) is 23.7 Å². The van der Waals surface area contributed by atoms with E-state index in [1.54, 1.807) is 18.2 Å². The predicted octanol–water partition coefficient (Wildman–Crippen LogP) is 2.45. The smallest absolute Gasteiger partial charge is 0.267 e. The number of hydrogen-bond donors (Lipinski definition) is 2. The molecule has 0 spiro atoms. The summed E-state index contributed by atoms with van der Waals surface area (Å²) in [5.41, 5.74) is 6.10. The Bertz CT molecular complexity index is 727. The summed E-state index contributed by atoms with van der Waals surface area (Å²) in [5.74, 6) is -0.0309. The average Bonchev–Trinajstić information content (AvgIpc) is 2.37. The van der Waals surface area contributed by atoms with Gasteiger partial charge in [-0.25, -0.2) is 8.42 Å². The normalized spacial score (nSPS) is 11.3. The molecular formula is C13H13ClN2O3S. The molecule has 0 bridgehead atoms. The molecule has 0 atom stereocenters. The number of rotatable bonds is 3. The van der Waals surface area contributed by atoms with Gasteiger partial charge in [0.1, 0.15) is 10.6 Å². The highest BCUT2D eigenvalue weighted by Crippen LogP contribution is 2.32. The monoisotopic (exact) mass is 312 g/mol. The highest BCUT2D eigenvalue weighted by atomic mass is 35.5. The van der Waals surface area contributed by atoms with Crippen LogP contribution in [0.25, 0.3) is 0 Å². The zero-order valence-electron chi connectivity index (χ0n) is 10.6. The molecule has 0 fully saturated rings. The van der Waals surface area contributed by atoms with E-state index in [-0.39, 0.29) is 21.4 Å². The zero-order chi connectivity index (χ0) is 14.9. The van der Waals surface area contributed by atoms with E-state index in [0.29, 0.717) is 5.69 Å². The van der Waals surface area contributed by atoms with Crippen molar-refractivity contribution in [2.24, 2.45) is 0 Å².